The highest BCUT2D eigenvalue weighted by Gasteiger charge is 2.37. The summed E-state index contributed by atoms with van der Waals surface area (Å²) in [7, 11) is 1.64. The van der Waals surface area contributed by atoms with Gasteiger partial charge in [0, 0.05) is 25.0 Å². The lowest BCUT2D eigenvalue weighted by molar-refractivity contribution is -0.126. The van der Waals surface area contributed by atoms with Crippen LogP contribution in [-0.4, -0.2) is 48.2 Å². The van der Waals surface area contributed by atoms with Gasteiger partial charge < -0.3 is 19.6 Å². The van der Waals surface area contributed by atoms with Gasteiger partial charge in [0.15, 0.2) is 0 Å². The molecule has 4 rings (SSSR count). The van der Waals surface area contributed by atoms with E-state index in [2.05, 4.69) is 0 Å². The van der Waals surface area contributed by atoms with Gasteiger partial charge in [0.2, 0.25) is 0 Å². The summed E-state index contributed by atoms with van der Waals surface area (Å²) in [5.41, 5.74) is 4.74. The number of rotatable bonds is 6. The number of aliphatic hydroxyl groups excluding tert-OH is 1. The van der Waals surface area contributed by atoms with Crippen LogP contribution in [0.1, 0.15) is 27.5 Å². The molecule has 1 aliphatic rings. The number of carbonyl (C=O) groups excluding carboxylic acids is 2. The van der Waals surface area contributed by atoms with Crippen LogP contribution in [0.2, 0.25) is 0 Å². The van der Waals surface area contributed by atoms with Crippen LogP contribution in [-0.2, 0) is 16.1 Å². The molecule has 0 spiro atoms. The first-order chi connectivity index (χ1) is 16.8. The molecule has 6 nitrogen and oxygen atoms in total. The fourth-order valence-corrected chi connectivity index (χ4v) is 5.32. The quantitative estimate of drug-likeness (QED) is 0.520. The minimum atomic E-state index is -1.22. The van der Waals surface area contributed by atoms with Crippen molar-refractivity contribution in [3.05, 3.63) is 95.1 Å². The lowest BCUT2D eigenvalue weighted by Crippen LogP contribution is -2.44. The van der Waals surface area contributed by atoms with Crippen LogP contribution in [0.4, 0.5) is 10.5 Å². The molecule has 0 fully saturated rings. The number of carbonyl (C=O) groups is 2. The molecule has 3 aromatic carbocycles. The third kappa shape index (κ3) is 5.86. The normalized spacial score (nSPS) is 17.5. The Bertz CT molecular complexity index is 1180. The van der Waals surface area contributed by atoms with Gasteiger partial charge in [0.25, 0.3) is 5.91 Å². The van der Waals surface area contributed by atoms with E-state index in [1.54, 1.807) is 11.9 Å². The number of hydrogen-bond donors (Lipinski definition) is 1. The molecule has 1 N–H and O–H groups in total. The average Bonchev–Trinajstić information content (AvgIpc) is 2.96. The molecule has 7 heteroatoms. The lowest BCUT2D eigenvalue weighted by Gasteiger charge is -2.27. The standard InChI is InChI=1S/C28H30N2O4S/c1-19-9-12-22(13-10-19)26-25(31)27(32)30(23-14-11-20(2)17-24(23)35-26)16-15-29(3)28(33)34-18-21-7-5-4-6-8-21/h4-14,17,25-26,31H,15-16,18H2,1-3H3. The zero-order valence-corrected chi connectivity index (χ0v) is 21.0. The number of benzene rings is 3. The zero-order valence-electron chi connectivity index (χ0n) is 20.2. The van der Waals surface area contributed by atoms with Crippen molar-refractivity contribution in [3.63, 3.8) is 0 Å². The van der Waals surface area contributed by atoms with Crippen LogP contribution in [0.15, 0.2) is 77.7 Å². The van der Waals surface area contributed by atoms with E-state index in [1.165, 1.54) is 16.7 Å². The van der Waals surface area contributed by atoms with E-state index in [4.69, 9.17) is 4.74 Å². The number of aliphatic hydroxyl groups is 1. The van der Waals surface area contributed by atoms with Gasteiger partial charge >= 0.3 is 6.09 Å². The summed E-state index contributed by atoms with van der Waals surface area (Å²) < 4.78 is 5.40. The topological polar surface area (TPSA) is 70.1 Å². The number of amides is 2. The highest BCUT2D eigenvalue weighted by Crippen LogP contribution is 2.46. The molecule has 1 heterocycles. The Balaban J connectivity index is 1.50. The number of likely N-dealkylation sites (N-methyl/N-ethyl adjacent to an activating group) is 1. The highest BCUT2D eigenvalue weighted by atomic mass is 32.2. The maximum atomic E-state index is 13.5. The highest BCUT2D eigenvalue weighted by molar-refractivity contribution is 7.99. The first-order valence-electron chi connectivity index (χ1n) is 11.6. The molecule has 35 heavy (non-hydrogen) atoms. The van der Waals surface area contributed by atoms with Crippen molar-refractivity contribution in [3.8, 4) is 0 Å². The van der Waals surface area contributed by atoms with E-state index in [1.807, 2.05) is 86.6 Å². The van der Waals surface area contributed by atoms with E-state index < -0.39 is 17.4 Å². The third-order valence-corrected chi connectivity index (χ3v) is 7.41. The number of ether oxygens (including phenoxy) is 1. The molecule has 182 valence electrons. The molecular weight excluding hydrogens is 460 g/mol. The Kier molecular flexibility index (Phi) is 7.78. The molecule has 0 saturated carbocycles. The van der Waals surface area contributed by atoms with Gasteiger partial charge in [-0.05, 0) is 42.7 Å². The Morgan fingerprint density at radius 1 is 1.03 bits per heavy atom. The number of hydrogen-bond acceptors (Lipinski definition) is 5. The molecule has 0 radical (unpaired) electrons. The Labute approximate surface area is 210 Å². The summed E-state index contributed by atoms with van der Waals surface area (Å²) in [6.45, 7) is 4.70. The summed E-state index contributed by atoms with van der Waals surface area (Å²) in [6, 6.07) is 23.3. The van der Waals surface area contributed by atoms with Crippen molar-refractivity contribution in [2.75, 3.05) is 25.0 Å². The second-order valence-electron chi connectivity index (χ2n) is 8.82. The summed E-state index contributed by atoms with van der Waals surface area (Å²) in [6.07, 6.45) is -1.68. The maximum absolute atomic E-state index is 13.5. The van der Waals surface area contributed by atoms with E-state index in [-0.39, 0.29) is 25.6 Å². The molecule has 2 atom stereocenters. The average molecular weight is 491 g/mol. The van der Waals surface area contributed by atoms with Gasteiger partial charge in [0.05, 0.1) is 10.9 Å². The summed E-state index contributed by atoms with van der Waals surface area (Å²) in [4.78, 5) is 29.9. The predicted molar refractivity (Wildman–Crippen MR) is 139 cm³/mol. The predicted octanol–water partition coefficient (Wildman–Crippen LogP) is 5.11. The van der Waals surface area contributed by atoms with Gasteiger partial charge in [-0.15, -0.1) is 11.8 Å². The first kappa shape index (κ1) is 24.8. The van der Waals surface area contributed by atoms with Gasteiger partial charge in [0.1, 0.15) is 12.7 Å². The second kappa shape index (κ2) is 11.0. The number of thioether (sulfide) groups is 1. The molecular formula is C28H30N2O4S. The fourth-order valence-electron chi connectivity index (χ4n) is 3.96. The van der Waals surface area contributed by atoms with E-state index >= 15 is 0 Å². The lowest BCUT2D eigenvalue weighted by atomic mass is 10.0. The third-order valence-electron chi connectivity index (χ3n) is 6.05. The summed E-state index contributed by atoms with van der Waals surface area (Å²) in [5.74, 6) is -0.378. The zero-order chi connectivity index (χ0) is 24.9. The minimum Gasteiger partial charge on any atom is -0.445 e. The van der Waals surface area contributed by atoms with E-state index in [0.717, 1.165) is 32.8 Å². The molecule has 0 saturated heterocycles. The Morgan fingerprint density at radius 3 is 2.43 bits per heavy atom. The Hall–Kier alpha value is -3.29. The second-order valence-corrected chi connectivity index (χ2v) is 10.0. The SMILES string of the molecule is Cc1ccc(C2Sc3cc(C)ccc3N(CCN(C)C(=O)OCc3ccccc3)C(=O)C2O)cc1. The van der Waals surface area contributed by atoms with Gasteiger partial charge in [-0.2, -0.15) is 0 Å². The molecule has 2 unspecified atom stereocenters. The summed E-state index contributed by atoms with van der Waals surface area (Å²) in [5, 5.41) is 10.7. The molecule has 2 amide bonds. The van der Waals surface area contributed by atoms with Crippen molar-refractivity contribution in [1.29, 1.82) is 0 Å². The minimum absolute atomic E-state index is 0.183. The van der Waals surface area contributed by atoms with Crippen molar-refractivity contribution < 1.29 is 19.4 Å². The molecule has 0 aromatic heterocycles. The van der Waals surface area contributed by atoms with Crippen molar-refractivity contribution >= 4 is 29.4 Å². The molecule has 0 bridgehead atoms. The fraction of sp³-hybridized carbons (Fsp3) is 0.286. The monoisotopic (exact) mass is 490 g/mol. The number of nitrogens with zero attached hydrogens (tertiary/aromatic N) is 2. The van der Waals surface area contributed by atoms with Crippen LogP contribution in [0, 0.1) is 13.8 Å². The van der Waals surface area contributed by atoms with Gasteiger partial charge in [-0.25, -0.2) is 4.79 Å². The van der Waals surface area contributed by atoms with Crippen LogP contribution in [0.25, 0.3) is 0 Å². The maximum Gasteiger partial charge on any atom is 0.409 e. The first-order valence-corrected chi connectivity index (χ1v) is 12.5. The van der Waals surface area contributed by atoms with Crippen LogP contribution in [0.5, 0.6) is 0 Å². The van der Waals surface area contributed by atoms with Crippen molar-refractivity contribution in [2.24, 2.45) is 0 Å². The van der Waals surface area contributed by atoms with Crippen molar-refractivity contribution in [2.45, 2.75) is 36.7 Å². The molecule has 3 aromatic rings. The largest absolute Gasteiger partial charge is 0.445 e. The van der Waals surface area contributed by atoms with Crippen molar-refractivity contribution in [1.82, 2.24) is 4.90 Å². The number of anilines is 1. The van der Waals surface area contributed by atoms with Crippen LogP contribution in [0.3, 0.4) is 0 Å². The van der Waals surface area contributed by atoms with Gasteiger partial charge in [-0.3, -0.25) is 4.79 Å². The number of aryl methyl sites for hydroxylation is 2. The molecule has 0 aliphatic carbocycles. The van der Waals surface area contributed by atoms with E-state index in [0.29, 0.717) is 0 Å². The van der Waals surface area contributed by atoms with Gasteiger partial charge in [-0.1, -0.05) is 66.2 Å². The summed E-state index contributed by atoms with van der Waals surface area (Å²) >= 11 is 1.50. The molecule has 1 aliphatic heterocycles. The number of fused-ring (bicyclic) bond motifs is 1. The van der Waals surface area contributed by atoms with E-state index in [9.17, 15) is 14.7 Å². The van der Waals surface area contributed by atoms with Crippen LogP contribution >= 0.6 is 11.8 Å². The Morgan fingerprint density at radius 2 is 1.71 bits per heavy atom. The van der Waals surface area contributed by atoms with Crippen LogP contribution < -0.4 is 4.90 Å². The smallest absolute Gasteiger partial charge is 0.409 e.